The molecule has 0 N–H and O–H groups in total. The van der Waals surface area contributed by atoms with Gasteiger partial charge in [0.1, 0.15) is 0 Å². The summed E-state index contributed by atoms with van der Waals surface area (Å²) in [6.07, 6.45) is 4.18. The number of sulfone groups is 2. The van der Waals surface area contributed by atoms with Gasteiger partial charge in [-0.1, -0.05) is 281 Å². The summed E-state index contributed by atoms with van der Waals surface area (Å²) < 4.78 is 51.9. The zero-order valence-electron chi connectivity index (χ0n) is 59.7. The minimum Gasteiger partial charge on any atom is -0.219 e. The van der Waals surface area contributed by atoms with Gasteiger partial charge in [-0.3, -0.25) is 0 Å². The first-order valence-corrected chi connectivity index (χ1v) is 40.3. The Morgan fingerprint density at radius 3 is 0.742 bits per heavy atom. The van der Waals surface area contributed by atoms with Gasteiger partial charge in [0.25, 0.3) is 0 Å². The molecule has 0 aromatic heterocycles. The third-order valence-corrected chi connectivity index (χ3v) is 20.5. The third-order valence-electron chi connectivity index (χ3n) is 13.4. The SMILES string of the molecule is CC.CC.CC.CC.CC.CC.CC.CC.CC.CSc1ccc(-c2ccc(Sc3ccc(S(=O)(=O)c4ccc(C)cc4)cc3)cc2)cc1.CSc1ccc(C2(c3ccc(Sc4ccc(S(=O)(=O)c5ccc(C)cc5)cc4)cc3)c3ccccc3-c3ccccc32)cc1. The molecule has 0 saturated carbocycles. The highest BCUT2D eigenvalue weighted by Gasteiger charge is 2.45. The maximum absolute atomic E-state index is 13.1. The second-order valence-corrected chi connectivity index (χ2v) is 26.1. The molecule has 0 heterocycles. The van der Waals surface area contributed by atoms with Crippen LogP contribution in [0.1, 0.15) is 158 Å². The summed E-state index contributed by atoms with van der Waals surface area (Å²) in [6.45, 7) is 39.9. The molecule has 0 amide bonds. The number of hydrogen-bond donors (Lipinski definition) is 0. The topological polar surface area (TPSA) is 68.3 Å². The fraction of sp³-hybridized carbons (Fsp3) is 0.277. The van der Waals surface area contributed by atoms with E-state index < -0.39 is 25.1 Å². The Hall–Kier alpha value is -6.50. The van der Waals surface area contributed by atoms with Crippen molar-refractivity contribution in [3.63, 3.8) is 0 Å². The lowest BCUT2D eigenvalue weighted by atomic mass is 9.68. The number of hydrogen-bond acceptors (Lipinski definition) is 8. The lowest BCUT2D eigenvalue weighted by molar-refractivity contribution is 0.594. The first-order chi connectivity index (χ1) is 45.4. The van der Waals surface area contributed by atoms with E-state index in [1.165, 1.54) is 54.3 Å². The van der Waals surface area contributed by atoms with Crippen LogP contribution in [0.3, 0.4) is 0 Å². The Bertz CT molecular complexity index is 3780. The standard InChI is InChI=1S/C39H30O2S3.C26H22O2S3.9C2H6/c1-27-11-23-33(24-12-27)44(40,41)34-25-21-32(22-26-34)43-31-19-15-29(16-20-31)39(28-13-17-30(42-2)18-14-28)37-9-5-3-7-35(37)36-8-4-6-10-38(36)39;1-19-3-15-25(16-4-19)31(27,28)26-17-13-24(14-18-26)30-23-11-7-21(8-12-23)20-5-9-22(29-2)10-6-20;9*1-2/h3-26H,1-2H3;3-18H,1-2H3;9*1-2H3. The number of rotatable bonds is 13. The molecule has 0 spiro atoms. The molecule has 0 aliphatic heterocycles. The van der Waals surface area contributed by atoms with Gasteiger partial charge in [0.15, 0.2) is 0 Å². The van der Waals surface area contributed by atoms with E-state index in [0.29, 0.717) is 19.6 Å². The number of aryl methyl sites for hydroxylation is 2. The lowest BCUT2D eigenvalue weighted by Gasteiger charge is -2.34. The smallest absolute Gasteiger partial charge is 0.206 e. The number of thioether (sulfide) groups is 2. The van der Waals surface area contributed by atoms with E-state index in [1.807, 2.05) is 187 Å². The molecule has 1 aliphatic carbocycles. The van der Waals surface area contributed by atoms with Crippen LogP contribution in [-0.2, 0) is 25.1 Å². The summed E-state index contributed by atoms with van der Waals surface area (Å²) >= 11 is 6.74. The minimum absolute atomic E-state index is 0.300. The molecule has 498 valence electrons. The molecule has 10 heteroatoms. The van der Waals surface area contributed by atoms with Crippen molar-refractivity contribution in [2.24, 2.45) is 0 Å². The van der Waals surface area contributed by atoms with Crippen LogP contribution in [-0.4, -0.2) is 29.3 Å². The number of fused-ring (bicyclic) bond motifs is 3. The van der Waals surface area contributed by atoms with Gasteiger partial charge in [-0.2, -0.15) is 0 Å². The molecule has 93 heavy (non-hydrogen) atoms. The maximum atomic E-state index is 13.1. The van der Waals surface area contributed by atoms with Crippen molar-refractivity contribution < 1.29 is 16.8 Å². The minimum atomic E-state index is -3.56. The van der Waals surface area contributed by atoms with Gasteiger partial charge in [-0.15, -0.1) is 23.5 Å². The Labute approximate surface area is 582 Å². The van der Waals surface area contributed by atoms with E-state index >= 15 is 0 Å². The predicted molar refractivity (Wildman–Crippen MR) is 416 cm³/mol. The van der Waals surface area contributed by atoms with Gasteiger partial charge in [-0.25, -0.2) is 16.8 Å². The van der Waals surface area contributed by atoms with Crippen molar-refractivity contribution in [3.8, 4) is 22.3 Å². The van der Waals surface area contributed by atoms with Gasteiger partial charge >= 0.3 is 0 Å². The van der Waals surface area contributed by atoms with Crippen molar-refractivity contribution in [2.45, 2.75) is 193 Å². The Morgan fingerprint density at radius 2 is 0.473 bits per heavy atom. The van der Waals surface area contributed by atoms with Crippen LogP contribution in [0.15, 0.2) is 292 Å². The first kappa shape index (κ1) is 84.5. The van der Waals surface area contributed by atoms with Crippen LogP contribution >= 0.6 is 47.0 Å². The van der Waals surface area contributed by atoms with Gasteiger partial charge in [0.2, 0.25) is 19.7 Å². The Morgan fingerprint density at radius 1 is 0.258 bits per heavy atom. The van der Waals surface area contributed by atoms with Gasteiger partial charge in [0.05, 0.1) is 25.0 Å². The van der Waals surface area contributed by atoms with Gasteiger partial charge in [0, 0.05) is 29.4 Å². The van der Waals surface area contributed by atoms with Crippen LogP contribution < -0.4 is 0 Å². The normalized spacial score (nSPS) is 10.7. The fourth-order valence-corrected chi connectivity index (χ4v) is 14.5. The van der Waals surface area contributed by atoms with Crippen LogP contribution in [0.4, 0.5) is 0 Å². The molecule has 1 aliphatic rings. The van der Waals surface area contributed by atoms with Crippen molar-refractivity contribution in [3.05, 3.63) is 276 Å². The van der Waals surface area contributed by atoms with Crippen LogP contribution in [0, 0.1) is 13.8 Å². The molecule has 10 aromatic rings. The first-order valence-electron chi connectivity index (χ1n) is 33.3. The summed E-state index contributed by atoms with van der Waals surface area (Å²) in [4.78, 5) is 7.93. The van der Waals surface area contributed by atoms with Crippen molar-refractivity contribution in [1.29, 1.82) is 0 Å². The molecule has 0 atom stereocenters. The quantitative estimate of drug-likeness (QED) is 0.106. The van der Waals surface area contributed by atoms with Gasteiger partial charge in [-0.05, 0) is 192 Å². The maximum Gasteiger partial charge on any atom is 0.206 e. The van der Waals surface area contributed by atoms with E-state index in [0.717, 1.165) is 30.7 Å². The molecule has 10 aromatic carbocycles. The van der Waals surface area contributed by atoms with Crippen LogP contribution in [0.5, 0.6) is 0 Å². The molecule has 0 saturated heterocycles. The van der Waals surface area contributed by atoms with E-state index in [2.05, 4.69) is 158 Å². The summed E-state index contributed by atoms with van der Waals surface area (Å²) in [7, 11) is -7.06. The van der Waals surface area contributed by atoms with Crippen molar-refractivity contribution in [1.82, 2.24) is 0 Å². The van der Waals surface area contributed by atoms with E-state index in [1.54, 1.807) is 95.6 Å². The Kier molecular flexibility index (Phi) is 41.6. The molecule has 0 fully saturated rings. The zero-order valence-corrected chi connectivity index (χ0v) is 64.6. The average molecular weight is 1360 g/mol. The third kappa shape index (κ3) is 22.3. The van der Waals surface area contributed by atoms with Gasteiger partial charge < -0.3 is 0 Å². The van der Waals surface area contributed by atoms with Crippen LogP contribution in [0.2, 0.25) is 0 Å². The lowest BCUT2D eigenvalue weighted by Crippen LogP contribution is -2.28. The summed E-state index contributed by atoms with van der Waals surface area (Å²) in [5.74, 6) is 0. The monoisotopic (exact) mass is 1360 g/mol. The predicted octanol–water partition coefficient (Wildman–Crippen LogP) is 26.7. The van der Waals surface area contributed by atoms with Crippen molar-refractivity contribution >= 4 is 66.7 Å². The molecule has 0 radical (unpaired) electrons. The molecular weight excluding hydrogens is 1250 g/mol. The molecular formula is C83H106O4S6. The van der Waals surface area contributed by atoms with Crippen molar-refractivity contribution in [2.75, 3.05) is 12.5 Å². The molecule has 0 unspecified atom stereocenters. The molecule has 0 bridgehead atoms. The highest BCUT2D eigenvalue weighted by Crippen LogP contribution is 2.56. The second kappa shape index (κ2) is 45.8. The zero-order chi connectivity index (χ0) is 70.2. The second-order valence-electron chi connectivity index (χ2n) is 18.1. The summed E-state index contributed by atoms with van der Waals surface area (Å²) in [5, 5.41) is 0. The summed E-state index contributed by atoms with van der Waals surface area (Å²) in [6, 6.07) is 80.6. The Balaban J connectivity index is 0.000000775. The molecule has 4 nitrogen and oxygen atoms in total. The number of benzene rings is 10. The fourth-order valence-electron chi connectivity index (χ4n) is 9.49. The largest absolute Gasteiger partial charge is 0.219 e. The van der Waals surface area contributed by atoms with Crippen LogP contribution in [0.25, 0.3) is 22.3 Å². The molecule has 11 rings (SSSR count). The van der Waals surface area contributed by atoms with E-state index in [4.69, 9.17) is 0 Å². The summed E-state index contributed by atoms with van der Waals surface area (Å²) in [5.41, 5.74) is 11.6. The highest BCUT2D eigenvalue weighted by atomic mass is 32.2. The van der Waals surface area contributed by atoms with E-state index in [9.17, 15) is 16.8 Å². The average Bonchev–Trinajstić information content (AvgIpc) is 1.56. The highest BCUT2D eigenvalue weighted by molar-refractivity contribution is 8.00. The van der Waals surface area contributed by atoms with E-state index in [-0.39, 0.29) is 0 Å².